The summed E-state index contributed by atoms with van der Waals surface area (Å²) in [6, 6.07) is 11.1. The van der Waals surface area contributed by atoms with E-state index in [-0.39, 0.29) is 11.5 Å². The number of aryl methyl sites for hydroxylation is 1. The molecule has 2 aromatic carbocycles. The Hall–Kier alpha value is -1.93. The van der Waals surface area contributed by atoms with Crippen molar-refractivity contribution in [1.29, 1.82) is 0 Å². The first-order chi connectivity index (χ1) is 15.0. The maximum Gasteiger partial charge on any atom is 0.243 e. The molecule has 4 rings (SSSR count). The van der Waals surface area contributed by atoms with Crippen molar-refractivity contribution >= 4 is 10.0 Å². The Balaban J connectivity index is 1.49. The summed E-state index contributed by atoms with van der Waals surface area (Å²) in [4.78, 5) is 0.198. The molecule has 0 aromatic heterocycles. The summed E-state index contributed by atoms with van der Waals surface area (Å²) >= 11 is 0. The van der Waals surface area contributed by atoms with Gasteiger partial charge in [-0.3, -0.25) is 0 Å². The van der Waals surface area contributed by atoms with Crippen LogP contribution in [-0.2, 0) is 40.8 Å². The molecular formula is C24H31NO5S. The third-order valence-corrected chi connectivity index (χ3v) is 8.15. The lowest BCUT2D eigenvalue weighted by Gasteiger charge is -2.29. The van der Waals surface area contributed by atoms with Crippen molar-refractivity contribution in [2.24, 2.45) is 5.92 Å². The molecule has 0 spiro atoms. The molecule has 2 aliphatic heterocycles. The second-order valence-electron chi connectivity index (χ2n) is 8.34. The lowest BCUT2D eigenvalue weighted by molar-refractivity contribution is 0.0494. The van der Waals surface area contributed by atoms with Gasteiger partial charge in [-0.1, -0.05) is 25.1 Å². The molecule has 7 heteroatoms. The number of sulfonamides is 1. The smallest absolute Gasteiger partial charge is 0.243 e. The number of aliphatic hydroxyl groups is 1. The van der Waals surface area contributed by atoms with Gasteiger partial charge in [0.25, 0.3) is 0 Å². The molecule has 0 amide bonds. The van der Waals surface area contributed by atoms with E-state index in [1.807, 2.05) is 6.07 Å². The molecule has 0 unspecified atom stereocenters. The predicted octanol–water partition coefficient (Wildman–Crippen LogP) is 3.29. The Labute approximate surface area is 184 Å². The molecular weight excluding hydrogens is 414 g/mol. The topological polar surface area (TPSA) is 76.1 Å². The minimum absolute atomic E-state index is 0.198. The predicted molar refractivity (Wildman–Crippen MR) is 119 cm³/mol. The summed E-state index contributed by atoms with van der Waals surface area (Å²) in [6.45, 7) is 4.72. The van der Waals surface area contributed by atoms with Crippen LogP contribution in [0.4, 0.5) is 0 Å². The van der Waals surface area contributed by atoms with Gasteiger partial charge in [-0.05, 0) is 66.5 Å². The lowest BCUT2D eigenvalue weighted by atomic mass is 9.98. The number of rotatable bonds is 7. The van der Waals surface area contributed by atoms with Crippen LogP contribution in [0.3, 0.4) is 0 Å². The summed E-state index contributed by atoms with van der Waals surface area (Å²) in [5, 5.41) is 9.83. The zero-order chi connectivity index (χ0) is 21.8. The van der Waals surface area contributed by atoms with Gasteiger partial charge in [-0.25, -0.2) is 8.42 Å². The van der Waals surface area contributed by atoms with E-state index < -0.39 is 10.0 Å². The van der Waals surface area contributed by atoms with E-state index in [0.29, 0.717) is 43.3 Å². The standard InChI is InChI=1S/C24H31NO5S/c1-2-18-3-4-21-15-25(10-7-20(21)13-18)31(27,28)23-5-6-24(22(14-23)16-26)30-17-19-8-11-29-12-9-19/h3-6,13-14,19,26H,2,7-12,15-17H2,1H3. The Morgan fingerprint density at radius 1 is 1.13 bits per heavy atom. The summed E-state index contributed by atoms with van der Waals surface area (Å²) in [5.74, 6) is 0.967. The van der Waals surface area contributed by atoms with Gasteiger partial charge >= 0.3 is 0 Å². The minimum Gasteiger partial charge on any atom is -0.493 e. The van der Waals surface area contributed by atoms with Crippen LogP contribution in [0.1, 0.15) is 42.0 Å². The van der Waals surface area contributed by atoms with E-state index in [0.717, 1.165) is 38.0 Å². The molecule has 31 heavy (non-hydrogen) atoms. The van der Waals surface area contributed by atoms with Gasteiger partial charge < -0.3 is 14.6 Å². The first kappa shape index (κ1) is 22.3. The van der Waals surface area contributed by atoms with Gasteiger partial charge in [0.15, 0.2) is 0 Å². The second kappa shape index (κ2) is 9.69. The number of hydrogen-bond donors (Lipinski definition) is 1. The molecule has 0 radical (unpaired) electrons. The first-order valence-corrected chi connectivity index (χ1v) is 12.5. The SMILES string of the molecule is CCc1ccc2c(c1)CCN(S(=O)(=O)c1ccc(OCC3CCOCC3)c(CO)c1)C2. The highest BCUT2D eigenvalue weighted by atomic mass is 32.2. The van der Waals surface area contributed by atoms with Crippen molar-refractivity contribution < 1.29 is 23.0 Å². The van der Waals surface area contributed by atoms with Crippen LogP contribution in [0.25, 0.3) is 0 Å². The molecule has 2 aliphatic rings. The maximum atomic E-state index is 13.3. The third kappa shape index (κ3) is 4.95. The van der Waals surface area contributed by atoms with Gasteiger partial charge in [0.1, 0.15) is 5.75 Å². The largest absolute Gasteiger partial charge is 0.493 e. The van der Waals surface area contributed by atoms with E-state index in [1.54, 1.807) is 18.2 Å². The zero-order valence-electron chi connectivity index (χ0n) is 18.0. The van der Waals surface area contributed by atoms with Crippen molar-refractivity contribution in [2.75, 3.05) is 26.4 Å². The van der Waals surface area contributed by atoms with Crippen LogP contribution in [0.2, 0.25) is 0 Å². The van der Waals surface area contributed by atoms with E-state index in [2.05, 4.69) is 19.1 Å². The molecule has 0 bridgehead atoms. The van der Waals surface area contributed by atoms with Crippen molar-refractivity contribution in [3.8, 4) is 5.75 Å². The maximum absolute atomic E-state index is 13.3. The van der Waals surface area contributed by atoms with E-state index in [1.165, 1.54) is 15.4 Å². The molecule has 6 nitrogen and oxygen atoms in total. The summed E-state index contributed by atoms with van der Waals surface area (Å²) in [7, 11) is -3.66. The molecule has 0 saturated carbocycles. The van der Waals surface area contributed by atoms with Crippen LogP contribution in [0.15, 0.2) is 41.3 Å². The highest BCUT2D eigenvalue weighted by molar-refractivity contribution is 7.89. The van der Waals surface area contributed by atoms with Crippen molar-refractivity contribution in [3.05, 3.63) is 58.7 Å². The Bertz CT molecular complexity index is 1010. The van der Waals surface area contributed by atoms with Crippen molar-refractivity contribution in [1.82, 2.24) is 4.31 Å². The van der Waals surface area contributed by atoms with Gasteiger partial charge in [0, 0.05) is 31.9 Å². The van der Waals surface area contributed by atoms with Gasteiger partial charge in [0.05, 0.1) is 18.1 Å². The minimum atomic E-state index is -3.66. The summed E-state index contributed by atoms with van der Waals surface area (Å²) < 4.78 is 39.4. The summed E-state index contributed by atoms with van der Waals surface area (Å²) in [5.41, 5.74) is 4.07. The van der Waals surface area contributed by atoms with Gasteiger partial charge in [0.2, 0.25) is 10.0 Å². The highest BCUT2D eigenvalue weighted by Gasteiger charge is 2.29. The molecule has 2 aromatic rings. The third-order valence-electron chi connectivity index (χ3n) is 6.31. The summed E-state index contributed by atoms with van der Waals surface area (Å²) in [6.07, 6.45) is 3.60. The molecule has 0 aliphatic carbocycles. The van der Waals surface area contributed by atoms with Crippen molar-refractivity contribution in [2.45, 2.75) is 50.7 Å². The number of benzene rings is 2. The van der Waals surface area contributed by atoms with Crippen LogP contribution in [0.5, 0.6) is 5.75 Å². The number of fused-ring (bicyclic) bond motifs is 1. The number of aliphatic hydroxyl groups excluding tert-OH is 1. The van der Waals surface area contributed by atoms with E-state index in [4.69, 9.17) is 9.47 Å². The van der Waals surface area contributed by atoms with E-state index in [9.17, 15) is 13.5 Å². The van der Waals surface area contributed by atoms with Crippen LogP contribution in [0, 0.1) is 5.92 Å². The average molecular weight is 446 g/mol. The number of hydrogen-bond acceptors (Lipinski definition) is 5. The average Bonchev–Trinajstić information content (AvgIpc) is 2.82. The fourth-order valence-corrected chi connectivity index (χ4v) is 5.73. The molecule has 1 saturated heterocycles. The number of nitrogens with zero attached hydrogens (tertiary/aromatic N) is 1. The Morgan fingerprint density at radius 2 is 1.94 bits per heavy atom. The normalized spacial score (nSPS) is 18.0. The monoisotopic (exact) mass is 445 g/mol. The van der Waals surface area contributed by atoms with Crippen LogP contribution in [-0.4, -0.2) is 44.2 Å². The van der Waals surface area contributed by atoms with E-state index >= 15 is 0 Å². The first-order valence-electron chi connectivity index (χ1n) is 11.1. The van der Waals surface area contributed by atoms with Gasteiger partial charge in [-0.2, -0.15) is 4.31 Å². The fourth-order valence-electron chi connectivity index (χ4n) is 4.26. The molecule has 1 fully saturated rings. The van der Waals surface area contributed by atoms with Crippen LogP contribution < -0.4 is 4.74 Å². The van der Waals surface area contributed by atoms with Gasteiger partial charge in [-0.15, -0.1) is 0 Å². The molecule has 1 N–H and O–H groups in total. The van der Waals surface area contributed by atoms with Crippen molar-refractivity contribution in [3.63, 3.8) is 0 Å². The Kier molecular flexibility index (Phi) is 6.96. The molecule has 0 atom stereocenters. The zero-order valence-corrected chi connectivity index (χ0v) is 18.9. The fraction of sp³-hybridized carbons (Fsp3) is 0.500. The lowest BCUT2D eigenvalue weighted by Crippen LogP contribution is -2.36. The molecule has 168 valence electrons. The highest BCUT2D eigenvalue weighted by Crippen LogP contribution is 2.29. The quantitative estimate of drug-likeness (QED) is 0.708. The van der Waals surface area contributed by atoms with Crippen LogP contribution >= 0.6 is 0 Å². The molecule has 2 heterocycles. The number of ether oxygens (including phenoxy) is 2. The second-order valence-corrected chi connectivity index (χ2v) is 10.3. The Morgan fingerprint density at radius 3 is 2.68 bits per heavy atom.